The molecule has 0 saturated carbocycles. The quantitative estimate of drug-likeness (QED) is 0.105. The first kappa shape index (κ1) is 41.7. The topological polar surface area (TPSA) is 169 Å². The van der Waals surface area contributed by atoms with Crippen LogP contribution in [0.2, 0.25) is 0 Å². The number of rotatable bonds is 7. The van der Waals surface area contributed by atoms with Crippen molar-refractivity contribution in [1.29, 1.82) is 0 Å². The molecule has 0 unspecified atom stereocenters. The number of aryl methyl sites for hydroxylation is 1. The number of carbonyl (C=O) groups is 2. The number of aromatic nitrogens is 1. The van der Waals surface area contributed by atoms with E-state index in [1.807, 2.05) is 74.5 Å². The van der Waals surface area contributed by atoms with E-state index in [9.17, 15) is 31.2 Å². The number of fused-ring (bicyclic) bond motifs is 3. The predicted octanol–water partition coefficient (Wildman–Crippen LogP) is 8.84. The van der Waals surface area contributed by atoms with Crippen molar-refractivity contribution in [3.05, 3.63) is 166 Å². The third-order valence-corrected chi connectivity index (χ3v) is 10.5. The second-order valence-electron chi connectivity index (χ2n) is 12.6. The van der Waals surface area contributed by atoms with Crippen LogP contribution in [0.5, 0.6) is 0 Å². The molecule has 0 spiro atoms. The molecule has 1 aliphatic rings. The van der Waals surface area contributed by atoms with Crippen LogP contribution in [-0.2, 0) is 27.2 Å². The highest BCUT2D eigenvalue weighted by Crippen LogP contribution is 2.44. The molecule has 0 atom stereocenters. The highest BCUT2D eigenvalue weighted by Gasteiger charge is 2.34. The fourth-order valence-electron chi connectivity index (χ4n) is 6.68. The van der Waals surface area contributed by atoms with Crippen LogP contribution < -0.4 is 15.6 Å². The third kappa shape index (κ3) is 8.26. The van der Waals surface area contributed by atoms with Gasteiger partial charge in [-0.25, -0.2) is 8.42 Å². The Morgan fingerprint density at radius 2 is 1.19 bits per heavy atom. The summed E-state index contributed by atoms with van der Waals surface area (Å²) in [6.45, 7) is 4.00. The molecule has 57 heavy (non-hydrogen) atoms. The Morgan fingerprint density at radius 1 is 0.649 bits per heavy atom. The molecular weight excluding hydrogens is 763 g/mol. The Balaban J connectivity index is 0.000000240. The van der Waals surface area contributed by atoms with Gasteiger partial charge in [0, 0.05) is 45.6 Å². The minimum atomic E-state index is -4.37. The molecule has 0 radical (unpaired) electrons. The molecule has 6 aromatic carbocycles. The maximum atomic E-state index is 13.8. The van der Waals surface area contributed by atoms with Gasteiger partial charge in [-0.05, 0) is 42.0 Å². The molecule has 1 aliphatic carbocycles. The smallest absolute Gasteiger partial charge is 0.295 e. The summed E-state index contributed by atoms with van der Waals surface area (Å²) in [6.07, 6.45) is 0.998. The monoisotopic (exact) mass is 803 g/mol. The molecule has 13 heteroatoms. The standard InChI is InChI=1S/C30H20N2O3.C11H11NO5S2.C2H6.CH4/c1-32-23-17-16-22(31-19-12-6-3-7-13-19)25-26(23)24(20-14-8-9-15-21(20)29(25)34)27(30(32)35)28(33)18-10-4-2-5-11-18;1-18(13,14)12-10-6-7-11(19(15,16)17)9-5-3-2-4-8(9)10;1-2;/h2-17,31H,1H3;2-7,12H,1H3,(H,15,16,17);1-2H3;1H4. The number of carbonyl (C=O) groups excluding carboxylic acids is 2. The highest BCUT2D eigenvalue weighted by atomic mass is 32.2. The number of para-hydroxylation sites is 1. The fourth-order valence-corrected chi connectivity index (χ4v) is 7.96. The lowest BCUT2D eigenvalue weighted by Gasteiger charge is -2.25. The van der Waals surface area contributed by atoms with Gasteiger partial charge < -0.3 is 9.88 Å². The zero-order chi connectivity index (χ0) is 40.4. The van der Waals surface area contributed by atoms with E-state index < -0.39 is 20.1 Å². The van der Waals surface area contributed by atoms with E-state index in [1.165, 1.54) is 16.7 Å². The van der Waals surface area contributed by atoms with E-state index >= 15 is 0 Å². The largest absolute Gasteiger partial charge is 0.355 e. The molecule has 1 aromatic heterocycles. The summed E-state index contributed by atoms with van der Waals surface area (Å²) < 4.78 is 57.9. The molecule has 8 rings (SSSR count). The zero-order valence-electron chi connectivity index (χ0n) is 30.8. The van der Waals surface area contributed by atoms with Crippen molar-refractivity contribution < 1.29 is 31.0 Å². The lowest BCUT2D eigenvalue weighted by atomic mass is 9.80. The van der Waals surface area contributed by atoms with Gasteiger partial charge in [0.2, 0.25) is 10.0 Å². The van der Waals surface area contributed by atoms with Crippen molar-refractivity contribution >= 4 is 70.4 Å². The summed E-state index contributed by atoms with van der Waals surface area (Å²) in [5.41, 5.74) is 4.47. The van der Waals surface area contributed by atoms with Gasteiger partial charge in [0.05, 0.1) is 34.3 Å². The van der Waals surface area contributed by atoms with Crippen molar-refractivity contribution in [2.45, 2.75) is 26.2 Å². The van der Waals surface area contributed by atoms with Gasteiger partial charge in [-0.3, -0.25) is 23.7 Å². The minimum Gasteiger partial charge on any atom is -0.355 e. The molecule has 0 amide bonds. The van der Waals surface area contributed by atoms with Crippen LogP contribution in [0.3, 0.4) is 0 Å². The average Bonchev–Trinajstić information content (AvgIpc) is 3.19. The van der Waals surface area contributed by atoms with Crippen LogP contribution in [0, 0.1) is 0 Å². The van der Waals surface area contributed by atoms with Crippen molar-refractivity contribution in [2.24, 2.45) is 7.05 Å². The Hall–Kier alpha value is -6.41. The fraction of sp³-hybridized carbons (Fsp3) is 0.114. The summed E-state index contributed by atoms with van der Waals surface area (Å²) in [5.74, 6) is -0.506. The molecule has 11 nitrogen and oxygen atoms in total. The van der Waals surface area contributed by atoms with E-state index in [1.54, 1.807) is 61.6 Å². The predicted molar refractivity (Wildman–Crippen MR) is 228 cm³/mol. The number of benzene rings is 6. The van der Waals surface area contributed by atoms with Crippen LogP contribution in [0.4, 0.5) is 17.1 Å². The maximum absolute atomic E-state index is 13.8. The minimum absolute atomic E-state index is 0. The second kappa shape index (κ2) is 16.8. The van der Waals surface area contributed by atoms with E-state index in [0.717, 1.165) is 18.0 Å². The van der Waals surface area contributed by atoms with E-state index in [4.69, 9.17) is 4.55 Å². The molecule has 0 saturated heterocycles. The number of pyridine rings is 1. The van der Waals surface area contributed by atoms with Gasteiger partial charge in [-0.15, -0.1) is 0 Å². The Kier molecular flexibility index (Phi) is 12.3. The first-order valence-corrected chi connectivity index (χ1v) is 20.8. The molecular formula is C44H41N3O8S2. The van der Waals surface area contributed by atoms with Crippen LogP contribution in [0.1, 0.15) is 53.1 Å². The van der Waals surface area contributed by atoms with Gasteiger partial charge in [0.25, 0.3) is 15.7 Å². The Bertz CT molecular complexity index is 2950. The molecule has 3 N–H and O–H groups in total. The van der Waals surface area contributed by atoms with Crippen molar-refractivity contribution in [1.82, 2.24) is 4.57 Å². The summed E-state index contributed by atoms with van der Waals surface area (Å²) in [7, 11) is -6.20. The number of hydrogen-bond donors (Lipinski definition) is 3. The van der Waals surface area contributed by atoms with Crippen molar-refractivity contribution in [3.63, 3.8) is 0 Å². The van der Waals surface area contributed by atoms with Gasteiger partial charge in [0.1, 0.15) is 4.90 Å². The molecule has 0 aliphatic heterocycles. The first-order chi connectivity index (χ1) is 26.7. The van der Waals surface area contributed by atoms with E-state index in [0.29, 0.717) is 49.8 Å². The molecule has 7 aromatic rings. The maximum Gasteiger partial charge on any atom is 0.295 e. The summed E-state index contributed by atoms with van der Waals surface area (Å²) in [6, 6.07) is 37.9. The summed E-state index contributed by atoms with van der Waals surface area (Å²) in [5, 5.41) is 4.61. The van der Waals surface area contributed by atoms with Crippen molar-refractivity contribution in [3.8, 4) is 11.1 Å². The number of hydrogen-bond acceptors (Lipinski definition) is 8. The van der Waals surface area contributed by atoms with E-state index in [2.05, 4.69) is 10.0 Å². The Morgan fingerprint density at radius 3 is 1.81 bits per heavy atom. The zero-order valence-corrected chi connectivity index (χ0v) is 32.4. The average molecular weight is 804 g/mol. The number of nitrogens with one attached hydrogen (secondary N) is 2. The summed E-state index contributed by atoms with van der Waals surface area (Å²) >= 11 is 0. The first-order valence-electron chi connectivity index (χ1n) is 17.5. The number of ketones is 2. The third-order valence-electron chi connectivity index (χ3n) is 9.00. The number of nitrogens with zero attached hydrogens (tertiary/aromatic N) is 1. The lowest BCUT2D eigenvalue weighted by Crippen LogP contribution is -2.29. The molecule has 1 heterocycles. The van der Waals surface area contributed by atoms with Crippen LogP contribution in [-0.4, -0.2) is 43.8 Å². The van der Waals surface area contributed by atoms with Gasteiger partial charge in [-0.2, -0.15) is 8.42 Å². The number of sulfonamides is 1. The highest BCUT2D eigenvalue weighted by molar-refractivity contribution is 7.92. The second-order valence-corrected chi connectivity index (χ2v) is 15.7. The lowest BCUT2D eigenvalue weighted by molar-refractivity contribution is 0.102. The van der Waals surface area contributed by atoms with E-state index in [-0.39, 0.29) is 46.1 Å². The van der Waals surface area contributed by atoms with Gasteiger partial charge >= 0.3 is 0 Å². The SMILES string of the molecule is C.CC.CS(=O)(=O)Nc1ccc(S(=O)(=O)O)c2ccccc12.Cn1c(=O)c(C(=O)c2ccccc2)c2c3c(c(Nc4ccccc4)ccc31)C(=O)c1ccccc1-2. The number of anilines is 3. The molecule has 292 valence electrons. The van der Waals surface area contributed by atoms with Crippen LogP contribution in [0.15, 0.2) is 143 Å². The molecule has 0 bridgehead atoms. The Labute approximate surface area is 331 Å². The normalized spacial score (nSPS) is 11.6. The van der Waals surface area contributed by atoms with Crippen molar-refractivity contribution in [2.75, 3.05) is 16.3 Å². The van der Waals surface area contributed by atoms with Crippen LogP contribution >= 0.6 is 0 Å². The summed E-state index contributed by atoms with van der Waals surface area (Å²) in [4.78, 5) is 40.9. The van der Waals surface area contributed by atoms with Crippen LogP contribution in [0.25, 0.3) is 32.8 Å². The van der Waals surface area contributed by atoms with Gasteiger partial charge in [-0.1, -0.05) is 118 Å². The van der Waals surface area contributed by atoms with Gasteiger partial charge in [0.15, 0.2) is 11.6 Å². The molecule has 0 fully saturated rings.